The van der Waals surface area contributed by atoms with E-state index in [9.17, 15) is 0 Å². The van der Waals surface area contributed by atoms with Gasteiger partial charge in [-0.2, -0.15) is 0 Å². The molecule has 8 nitrogen and oxygen atoms in total. The number of rotatable bonds is 5. The van der Waals surface area contributed by atoms with Crippen LogP contribution < -0.4 is 5.73 Å². The second-order valence-corrected chi connectivity index (χ2v) is 7.81. The Balaban J connectivity index is 1.44. The van der Waals surface area contributed by atoms with Crippen molar-refractivity contribution in [2.45, 2.75) is 38.4 Å². The van der Waals surface area contributed by atoms with Gasteiger partial charge in [-0.15, -0.1) is 0 Å². The van der Waals surface area contributed by atoms with E-state index in [2.05, 4.69) is 33.2 Å². The maximum Gasteiger partial charge on any atom is 0.207 e. The Morgan fingerprint density at radius 2 is 2.03 bits per heavy atom. The third-order valence-corrected chi connectivity index (χ3v) is 5.26. The number of fused-ring (bicyclic) bond motifs is 2. The molecule has 1 aliphatic heterocycles. The van der Waals surface area contributed by atoms with Crippen LogP contribution in [-0.2, 0) is 20.8 Å². The minimum Gasteiger partial charge on any atom is -0.376 e. The number of benzene rings is 1. The molecule has 2 N–H and O–H groups in total. The summed E-state index contributed by atoms with van der Waals surface area (Å²) in [5.74, 6) is -0.309. The lowest BCUT2D eigenvalue weighted by atomic mass is 10.1. The largest absolute Gasteiger partial charge is 0.376 e. The second kappa shape index (κ2) is 6.91. The molecule has 1 fully saturated rings. The fourth-order valence-corrected chi connectivity index (χ4v) is 4.07. The molecule has 3 aromatic rings. The van der Waals surface area contributed by atoms with Gasteiger partial charge >= 0.3 is 0 Å². The Labute approximate surface area is 168 Å². The lowest BCUT2D eigenvalue weighted by Gasteiger charge is -2.21. The minimum atomic E-state index is -0.688. The Morgan fingerprint density at radius 1 is 1.21 bits per heavy atom. The summed E-state index contributed by atoms with van der Waals surface area (Å²) in [4.78, 5) is 12.8. The SMILES string of the molecule is CC1(C)O[C@@H]2[C@@H](COCc3ccccc3)C=C(n3c(N)nc4cncnc43)[C@@H]2O1. The van der Waals surface area contributed by atoms with E-state index in [0.717, 1.165) is 11.3 Å². The fraction of sp³-hybridized carbons (Fsp3) is 0.381. The molecular weight excluding hydrogens is 370 g/mol. The Morgan fingerprint density at radius 3 is 2.86 bits per heavy atom. The van der Waals surface area contributed by atoms with Crippen LogP contribution in [0.15, 0.2) is 48.9 Å². The first-order chi connectivity index (χ1) is 14.0. The second-order valence-electron chi connectivity index (χ2n) is 7.81. The molecule has 1 aromatic carbocycles. The molecular formula is C21H23N5O3. The molecule has 0 saturated carbocycles. The quantitative estimate of drug-likeness (QED) is 0.711. The number of imidazole rings is 1. The molecule has 0 amide bonds. The molecule has 0 radical (unpaired) electrons. The van der Waals surface area contributed by atoms with Crippen LogP contribution in [0.1, 0.15) is 19.4 Å². The number of nitrogens with two attached hydrogens (primary N) is 1. The summed E-state index contributed by atoms with van der Waals surface area (Å²) in [7, 11) is 0. The third kappa shape index (κ3) is 3.29. The highest BCUT2D eigenvalue weighted by Gasteiger charge is 2.51. The van der Waals surface area contributed by atoms with Crippen LogP contribution in [0.5, 0.6) is 0 Å². The van der Waals surface area contributed by atoms with Crippen molar-refractivity contribution in [3.05, 3.63) is 54.5 Å². The summed E-state index contributed by atoms with van der Waals surface area (Å²) in [6, 6.07) is 10.1. The van der Waals surface area contributed by atoms with E-state index < -0.39 is 5.79 Å². The zero-order valence-corrected chi connectivity index (χ0v) is 16.4. The molecule has 150 valence electrons. The normalized spacial score (nSPS) is 25.3. The molecule has 5 rings (SSSR count). The average Bonchev–Trinajstić information content (AvgIpc) is 3.30. The summed E-state index contributed by atoms with van der Waals surface area (Å²) >= 11 is 0. The van der Waals surface area contributed by atoms with Gasteiger partial charge in [-0.3, -0.25) is 4.57 Å². The van der Waals surface area contributed by atoms with Crippen molar-refractivity contribution in [3.63, 3.8) is 0 Å². The maximum absolute atomic E-state index is 6.22. The number of nitrogens with zero attached hydrogens (tertiary/aromatic N) is 4. The highest BCUT2D eigenvalue weighted by molar-refractivity contribution is 5.80. The third-order valence-electron chi connectivity index (χ3n) is 5.26. The zero-order chi connectivity index (χ0) is 20.0. The highest BCUT2D eigenvalue weighted by Crippen LogP contribution is 2.44. The first kappa shape index (κ1) is 18.2. The topological polar surface area (TPSA) is 97.3 Å². The monoisotopic (exact) mass is 393 g/mol. The van der Waals surface area contributed by atoms with Crippen LogP contribution in [0.25, 0.3) is 16.9 Å². The van der Waals surface area contributed by atoms with E-state index in [4.69, 9.17) is 19.9 Å². The minimum absolute atomic E-state index is 0.0270. The Bertz CT molecular complexity index is 1060. The molecule has 1 aliphatic carbocycles. The number of hydrogen-bond acceptors (Lipinski definition) is 7. The van der Waals surface area contributed by atoms with Gasteiger partial charge in [0.2, 0.25) is 5.95 Å². The predicted molar refractivity (Wildman–Crippen MR) is 107 cm³/mol. The fourth-order valence-electron chi connectivity index (χ4n) is 4.07. The summed E-state index contributed by atoms with van der Waals surface area (Å²) in [6.07, 6.45) is 4.82. The van der Waals surface area contributed by atoms with Gasteiger partial charge < -0.3 is 19.9 Å². The molecule has 0 bridgehead atoms. The average molecular weight is 393 g/mol. The van der Waals surface area contributed by atoms with E-state index >= 15 is 0 Å². The van der Waals surface area contributed by atoms with Crippen LogP contribution in [-0.4, -0.2) is 44.1 Å². The predicted octanol–water partition coefficient (Wildman–Crippen LogP) is 2.62. The Kier molecular flexibility index (Phi) is 4.34. The van der Waals surface area contributed by atoms with Crippen molar-refractivity contribution in [3.8, 4) is 0 Å². The van der Waals surface area contributed by atoms with Gasteiger partial charge in [0.1, 0.15) is 24.1 Å². The van der Waals surface area contributed by atoms with Gasteiger partial charge in [-0.05, 0) is 19.4 Å². The van der Waals surface area contributed by atoms with Crippen LogP contribution in [0.3, 0.4) is 0 Å². The summed E-state index contributed by atoms with van der Waals surface area (Å²) in [5.41, 5.74) is 9.54. The maximum atomic E-state index is 6.22. The van der Waals surface area contributed by atoms with Gasteiger partial charge in [-0.25, -0.2) is 15.0 Å². The van der Waals surface area contributed by atoms with Gasteiger partial charge in [0.05, 0.1) is 25.1 Å². The van der Waals surface area contributed by atoms with Crippen molar-refractivity contribution in [1.82, 2.24) is 19.5 Å². The standard InChI is InChI=1S/C21H23N5O3/c1-21(2)28-17-14(11-27-10-13-6-4-3-5-7-13)8-16(18(17)29-21)26-19-15(25-20(26)22)9-23-12-24-19/h3-9,12,14,17-18H,10-11H2,1-2H3,(H2,22,25)/t14-,17-,18+/m1/s1. The van der Waals surface area contributed by atoms with Crippen molar-refractivity contribution in [1.29, 1.82) is 0 Å². The van der Waals surface area contributed by atoms with Gasteiger partial charge in [-0.1, -0.05) is 36.4 Å². The van der Waals surface area contributed by atoms with Crippen LogP contribution in [0.4, 0.5) is 5.95 Å². The molecule has 3 atom stereocenters. The summed E-state index contributed by atoms with van der Waals surface area (Å²) in [5, 5.41) is 0. The molecule has 2 aliphatic rings. The zero-order valence-electron chi connectivity index (χ0n) is 16.4. The number of nitrogen functional groups attached to an aromatic ring is 1. The first-order valence-corrected chi connectivity index (χ1v) is 9.65. The lowest BCUT2D eigenvalue weighted by Crippen LogP contribution is -2.29. The van der Waals surface area contributed by atoms with Crippen LogP contribution in [0, 0.1) is 5.92 Å². The number of hydrogen-bond donors (Lipinski definition) is 1. The molecule has 0 unspecified atom stereocenters. The van der Waals surface area contributed by atoms with E-state index in [1.54, 1.807) is 6.20 Å². The van der Waals surface area contributed by atoms with Crippen LogP contribution in [0.2, 0.25) is 0 Å². The summed E-state index contributed by atoms with van der Waals surface area (Å²) < 4.78 is 20.3. The summed E-state index contributed by atoms with van der Waals surface area (Å²) in [6.45, 7) is 4.90. The van der Waals surface area contributed by atoms with E-state index in [1.165, 1.54) is 6.33 Å². The smallest absolute Gasteiger partial charge is 0.207 e. The number of anilines is 1. The van der Waals surface area contributed by atoms with Crippen molar-refractivity contribution in [2.75, 3.05) is 12.3 Å². The first-order valence-electron chi connectivity index (χ1n) is 9.65. The van der Waals surface area contributed by atoms with E-state index in [1.807, 2.05) is 36.6 Å². The molecule has 0 spiro atoms. The van der Waals surface area contributed by atoms with Crippen LogP contribution >= 0.6 is 0 Å². The van der Waals surface area contributed by atoms with Gasteiger partial charge in [0.15, 0.2) is 11.4 Å². The molecule has 1 saturated heterocycles. The van der Waals surface area contributed by atoms with Crippen molar-refractivity contribution < 1.29 is 14.2 Å². The van der Waals surface area contributed by atoms with Crippen molar-refractivity contribution >= 4 is 22.8 Å². The van der Waals surface area contributed by atoms with E-state index in [0.29, 0.717) is 30.3 Å². The van der Waals surface area contributed by atoms with Gasteiger partial charge in [0, 0.05) is 5.92 Å². The van der Waals surface area contributed by atoms with E-state index in [-0.39, 0.29) is 18.1 Å². The van der Waals surface area contributed by atoms with Crippen molar-refractivity contribution in [2.24, 2.45) is 5.92 Å². The molecule has 3 heterocycles. The van der Waals surface area contributed by atoms with Gasteiger partial charge in [0.25, 0.3) is 0 Å². The lowest BCUT2D eigenvalue weighted by molar-refractivity contribution is -0.149. The highest BCUT2D eigenvalue weighted by atomic mass is 16.8. The number of aromatic nitrogens is 4. The number of ether oxygens (including phenoxy) is 3. The molecule has 2 aromatic heterocycles. The Hall–Kier alpha value is -2.81. The molecule has 29 heavy (non-hydrogen) atoms. The molecule has 8 heteroatoms.